The van der Waals surface area contributed by atoms with E-state index in [1.54, 1.807) is 0 Å². The van der Waals surface area contributed by atoms with E-state index in [1.165, 1.54) is 19.3 Å². The molecule has 4 nitrogen and oxygen atoms in total. The summed E-state index contributed by atoms with van der Waals surface area (Å²) in [7, 11) is 0. The summed E-state index contributed by atoms with van der Waals surface area (Å²) >= 11 is 0. The largest absolute Gasteiger partial charge is 0.465 e. The Balaban J connectivity index is 3.44. The minimum Gasteiger partial charge on any atom is -0.465 e. The average Bonchev–Trinajstić information content (AvgIpc) is 2.55. The molecule has 0 N–H and O–H groups in total. The highest BCUT2D eigenvalue weighted by molar-refractivity contribution is 5.69. The molecule has 25 heavy (non-hydrogen) atoms. The maximum Gasteiger partial charge on any atom is 0.305 e. The van der Waals surface area contributed by atoms with Gasteiger partial charge in [0.05, 0.1) is 13.2 Å². The van der Waals surface area contributed by atoms with Crippen LogP contribution in [0.1, 0.15) is 92.4 Å². The SMILES string of the molecule is CC(C)COC(=O)CCCCCCCC(C)CCC(=O)OCC(C)C. The summed E-state index contributed by atoms with van der Waals surface area (Å²) < 4.78 is 10.4. The highest BCUT2D eigenvalue weighted by Crippen LogP contribution is 2.16. The number of hydrogen-bond acceptors (Lipinski definition) is 4. The van der Waals surface area contributed by atoms with Crippen molar-refractivity contribution >= 4 is 11.9 Å². The van der Waals surface area contributed by atoms with Crippen LogP contribution in [0.25, 0.3) is 0 Å². The zero-order chi connectivity index (χ0) is 19.1. The second-order valence-electron chi connectivity index (χ2n) is 8.10. The van der Waals surface area contributed by atoms with Gasteiger partial charge in [0.1, 0.15) is 0 Å². The Kier molecular flexibility index (Phi) is 14.6. The van der Waals surface area contributed by atoms with E-state index in [9.17, 15) is 9.59 Å². The molecule has 0 aliphatic carbocycles. The lowest BCUT2D eigenvalue weighted by molar-refractivity contribution is -0.145. The van der Waals surface area contributed by atoms with Crippen LogP contribution in [-0.2, 0) is 19.1 Å². The van der Waals surface area contributed by atoms with Crippen molar-refractivity contribution in [2.75, 3.05) is 13.2 Å². The van der Waals surface area contributed by atoms with Crippen LogP contribution in [0.2, 0.25) is 0 Å². The highest BCUT2D eigenvalue weighted by atomic mass is 16.5. The number of carbonyl (C=O) groups excluding carboxylic acids is 2. The molecule has 0 bridgehead atoms. The van der Waals surface area contributed by atoms with E-state index < -0.39 is 0 Å². The molecule has 1 unspecified atom stereocenters. The van der Waals surface area contributed by atoms with Crippen LogP contribution in [0, 0.1) is 17.8 Å². The Labute approximate surface area is 155 Å². The predicted octanol–water partition coefficient (Wildman–Crippen LogP) is 5.53. The molecular weight excluding hydrogens is 316 g/mol. The van der Waals surface area contributed by atoms with Gasteiger partial charge >= 0.3 is 11.9 Å². The van der Waals surface area contributed by atoms with Gasteiger partial charge in [-0.1, -0.05) is 66.7 Å². The second kappa shape index (κ2) is 15.2. The summed E-state index contributed by atoms with van der Waals surface area (Å²) in [6.45, 7) is 11.4. The molecule has 0 saturated heterocycles. The first-order chi connectivity index (χ1) is 11.8. The van der Waals surface area contributed by atoms with Gasteiger partial charge in [0.15, 0.2) is 0 Å². The van der Waals surface area contributed by atoms with E-state index in [-0.39, 0.29) is 11.9 Å². The lowest BCUT2D eigenvalue weighted by atomic mass is 9.97. The third kappa shape index (κ3) is 17.6. The number of unbranched alkanes of at least 4 members (excludes halogenated alkanes) is 4. The van der Waals surface area contributed by atoms with E-state index in [1.807, 2.05) is 27.7 Å². The van der Waals surface area contributed by atoms with Gasteiger partial charge in [-0.2, -0.15) is 0 Å². The van der Waals surface area contributed by atoms with Crippen LogP contribution in [0.4, 0.5) is 0 Å². The monoisotopic (exact) mass is 356 g/mol. The molecule has 0 radical (unpaired) electrons. The normalized spacial score (nSPS) is 12.4. The summed E-state index contributed by atoms with van der Waals surface area (Å²) in [4.78, 5) is 23.1. The summed E-state index contributed by atoms with van der Waals surface area (Å²) in [6, 6.07) is 0. The summed E-state index contributed by atoms with van der Waals surface area (Å²) in [6.07, 6.45) is 8.73. The van der Waals surface area contributed by atoms with Crippen LogP contribution in [0.5, 0.6) is 0 Å². The van der Waals surface area contributed by atoms with Gasteiger partial charge in [-0.05, 0) is 30.6 Å². The van der Waals surface area contributed by atoms with E-state index >= 15 is 0 Å². The zero-order valence-electron chi connectivity index (χ0n) is 17.1. The van der Waals surface area contributed by atoms with Crippen molar-refractivity contribution in [1.82, 2.24) is 0 Å². The van der Waals surface area contributed by atoms with Crippen molar-refractivity contribution < 1.29 is 19.1 Å². The van der Waals surface area contributed by atoms with Crippen molar-refractivity contribution in [3.05, 3.63) is 0 Å². The van der Waals surface area contributed by atoms with Gasteiger partial charge in [-0.25, -0.2) is 0 Å². The molecule has 0 saturated carbocycles. The fourth-order valence-corrected chi connectivity index (χ4v) is 2.46. The molecule has 0 amide bonds. The van der Waals surface area contributed by atoms with Crippen molar-refractivity contribution in [2.24, 2.45) is 17.8 Å². The molecule has 0 fully saturated rings. The predicted molar refractivity (Wildman–Crippen MR) is 102 cm³/mol. The first kappa shape index (κ1) is 23.9. The Bertz CT molecular complexity index is 350. The molecule has 0 aromatic carbocycles. The third-order valence-electron chi connectivity index (χ3n) is 4.07. The Morgan fingerprint density at radius 1 is 0.640 bits per heavy atom. The first-order valence-corrected chi connectivity index (χ1v) is 10.1. The molecule has 1 atom stereocenters. The second-order valence-corrected chi connectivity index (χ2v) is 8.10. The lowest BCUT2D eigenvalue weighted by Gasteiger charge is -2.11. The van der Waals surface area contributed by atoms with Gasteiger partial charge in [0.2, 0.25) is 0 Å². The summed E-state index contributed by atoms with van der Waals surface area (Å²) in [5.41, 5.74) is 0. The molecular formula is C21H40O4. The molecule has 0 aromatic rings. The molecule has 148 valence electrons. The van der Waals surface area contributed by atoms with Gasteiger partial charge in [0, 0.05) is 12.8 Å². The molecule has 0 aliphatic rings. The fourth-order valence-electron chi connectivity index (χ4n) is 2.46. The molecule has 0 spiro atoms. The Morgan fingerprint density at radius 2 is 1.12 bits per heavy atom. The van der Waals surface area contributed by atoms with Crippen LogP contribution in [0.3, 0.4) is 0 Å². The number of ether oxygens (including phenoxy) is 2. The molecule has 4 heteroatoms. The van der Waals surface area contributed by atoms with Crippen LogP contribution in [-0.4, -0.2) is 25.2 Å². The van der Waals surface area contributed by atoms with Gasteiger partial charge in [-0.15, -0.1) is 0 Å². The Hall–Kier alpha value is -1.06. The average molecular weight is 357 g/mol. The number of hydrogen-bond donors (Lipinski definition) is 0. The zero-order valence-corrected chi connectivity index (χ0v) is 17.1. The maximum atomic E-state index is 11.6. The standard InChI is InChI=1S/C21H40O4/c1-17(2)15-24-20(22)12-10-8-6-7-9-11-19(5)13-14-21(23)25-16-18(3)4/h17-19H,6-16H2,1-5H3. The molecule has 0 rings (SSSR count). The van der Waals surface area contributed by atoms with Crippen molar-refractivity contribution in [3.8, 4) is 0 Å². The summed E-state index contributed by atoms with van der Waals surface area (Å²) in [5.74, 6) is 1.25. The van der Waals surface area contributed by atoms with Gasteiger partial charge in [0.25, 0.3) is 0 Å². The van der Waals surface area contributed by atoms with Crippen molar-refractivity contribution in [3.63, 3.8) is 0 Å². The topological polar surface area (TPSA) is 52.6 Å². The summed E-state index contributed by atoms with van der Waals surface area (Å²) in [5, 5.41) is 0. The number of esters is 2. The highest BCUT2D eigenvalue weighted by Gasteiger charge is 2.09. The number of carbonyl (C=O) groups is 2. The van der Waals surface area contributed by atoms with Crippen molar-refractivity contribution in [1.29, 1.82) is 0 Å². The minimum absolute atomic E-state index is 0.0633. The first-order valence-electron chi connectivity index (χ1n) is 10.1. The van der Waals surface area contributed by atoms with Crippen molar-refractivity contribution in [2.45, 2.75) is 92.4 Å². The third-order valence-corrected chi connectivity index (χ3v) is 4.07. The van der Waals surface area contributed by atoms with E-state index in [4.69, 9.17) is 9.47 Å². The smallest absolute Gasteiger partial charge is 0.305 e. The minimum atomic E-state index is -0.0649. The maximum absolute atomic E-state index is 11.6. The van der Waals surface area contributed by atoms with E-state index in [0.29, 0.717) is 43.8 Å². The van der Waals surface area contributed by atoms with E-state index in [2.05, 4.69) is 6.92 Å². The molecule has 0 heterocycles. The fraction of sp³-hybridized carbons (Fsp3) is 0.905. The van der Waals surface area contributed by atoms with E-state index in [0.717, 1.165) is 25.7 Å². The molecule has 0 aliphatic heterocycles. The van der Waals surface area contributed by atoms with Gasteiger partial charge in [-0.3, -0.25) is 9.59 Å². The Morgan fingerprint density at radius 3 is 1.68 bits per heavy atom. The van der Waals surface area contributed by atoms with Gasteiger partial charge < -0.3 is 9.47 Å². The van der Waals surface area contributed by atoms with Crippen LogP contribution < -0.4 is 0 Å². The van der Waals surface area contributed by atoms with Crippen LogP contribution >= 0.6 is 0 Å². The quantitative estimate of drug-likeness (QED) is 0.286. The van der Waals surface area contributed by atoms with Crippen LogP contribution in [0.15, 0.2) is 0 Å². The lowest BCUT2D eigenvalue weighted by Crippen LogP contribution is -2.11. The molecule has 0 aromatic heterocycles. The number of rotatable bonds is 15.